The van der Waals surface area contributed by atoms with Gasteiger partial charge in [0.25, 0.3) is 5.91 Å². The summed E-state index contributed by atoms with van der Waals surface area (Å²) < 4.78 is 10.7. The van der Waals surface area contributed by atoms with Gasteiger partial charge < -0.3 is 14.4 Å². The minimum absolute atomic E-state index is 0.124. The standard InChI is InChI=1S/C21H26N2O4/c1-14-18(12-16-8-9-17(26-3)13-19(16)22-14)21(25)27-15(2)20(24)23-10-6-4-5-7-11-23/h8-9,12-13,15H,4-7,10-11H2,1-3H3/t15-/m0/s1. The van der Waals surface area contributed by atoms with E-state index in [1.165, 1.54) is 0 Å². The van der Waals surface area contributed by atoms with Gasteiger partial charge in [-0.3, -0.25) is 9.78 Å². The molecule has 0 spiro atoms. The average molecular weight is 370 g/mol. The molecule has 1 aliphatic heterocycles. The van der Waals surface area contributed by atoms with Crippen LogP contribution in [0.5, 0.6) is 5.75 Å². The number of fused-ring (bicyclic) bond motifs is 1. The molecule has 1 amide bonds. The van der Waals surface area contributed by atoms with Crippen LogP contribution in [-0.2, 0) is 9.53 Å². The van der Waals surface area contributed by atoms with Gasteiger partial charge in [-0.05, 0) is 44.9 Å². The highest BCUT2D eigenvalue weighted by molar-refractivity contribution is 5.96. The molecule has 0 radical (unpaired) electrons. The van der Waals surface area contributed by atoms with Gasteiger partial charge in [-0.15, -0.1) is 0 Å². The lowest BCUT2D eigenvalue weighted by molar-refractivity contribution is -0.139. The molecule has 2 heterocycles. The molecule has 1 atom stereocenters. The molecule has 1 fully saturated rings. The molecule has 144 valence electrons. The van der Waals surface area contributed by atoms with Crippen LogP contribution >= 0.6 is 0 Å². The normalized spacial score (nSPS) is 15.9. The summed E-state index contributed by atoms with van der Waals surface area (Å²) in [4.78, 5) is 31.5. The summed E-state index contributed by atoms with van der Waals surface area (Å²) in [6, 6.07) is 7.24. The van der Waals surface area contributed by atoms with E-state index < -0.39 is 12.1 Å². The Bertz CT molecular complexity index is 841. The number of carbonyl (C=O) groups is 2. The van der Waals surface area contributed by atoms with E-state index in [-0.39, 0.29) is 5.91 Å². The number of benzene rings is 1. The molecular weight excluding hydrogens is 344 g/mol. The smallest absolute Gasteiger partial charge is 0.340 e. The fourth-order valence-electron chi connectivity index (χ4n) is 3.40. The van der Waals surface area contributed by atoms with E-state index in [9.17, 15) is 9.59 Å². The number of esters is 1. The van der Waals surface area contributed by atoms with Gasteiger partial charge >= 0.3 is 5.97 Å². The Morgan fingerprint density at radius 3 is 2.48 bits per heavy atom. The highest BCUT2D eigenvalue weighted by Crippen LogP contribution is 2.22. The van der Waals surface area contributed by atoms with Crippen molar-refractivity contribution in [1.82, 2.24) is 9.88 Å². The lowest BCUT2D eigenvalue weighted by Crippen LogP contribution is -2.40. The Balaban J connectivity index is 1.74. The molecule has 1 aromatic heterocycles. The van der Waals surface area contributed by atoms with Crippen LogP contribution in [0.1, 0.15) is 48.7 Å². The van der Waals surface area contributed by atoms with Gasteiger partial charge in [-0.25, -0.2) is 4.79 Å². The van der Waals surface area contributed by atoms with E-state index in [2.05, 4.69) is 4.98 Å². The summed E-state index contributed by atoms with van der Waals surface area (Å²) in [5.41, 5.74) is 1.69. The molecule has 6 nitrogen and oxygen atoms in total. The zero-order valence-corrected chi connectivity index (χ0v) is 16.2. The molecule has 0 bridgehead atoms. The van der Waals surface area contributed by atoms with E-state index >= 15 is 0 Å². The number of aromatic nitrogens is 1. The molecule has 1 aliphatic rings. The molecule has 1 saturated heterocycles. The van der Waals surface area contributed by atoms with Crippen molar-refractivity contribution in [3.05, 3.63) is 35.5 Å². The number of rotatable bonds is 4. The summed E-state index contributed by atoms with van der Waals surface area (Å²) in [6.07, 6.45) is 3.49. The Hall–Kier alpha value is -2.63. The molecule has 1 aromatic carbocycles. The van der Waals surface area contributed by atoms with Crippen molar-refractivity contribution in [3.8, 4) is 5.75 Å². The van der Waals surface area contributed by atoms with Crippen molar-refractivity contribution < 1.29 is 19.1 Å². The summed E-state index contributed by atoms with van der Waals surface area (Å²) in [6.45, 7) is 4.87. The third-order valence-corrected chi connectivity index (χ3v) is 4.98. The van der Waals surface area contributed by atoms with Crippen molar-refractivity contribution in [2.75, 3.05) is 20.2 Å². The van der Waals surface area contributed by atoms with Gasteiger partial charge in [0.1, 0.15) is 5.75 Å². The molecule has 0 unspecified atom stereocenters. The average Bonchev–Trinajstić information content (AvgIpc) is 2.95. The van der Waals surface area contributed by atoms with Gasteiger partial charge in [-0.2, -0.15) is 0 Å². The minimum atomic E-state index is -0.804. The lowest BCUT2D eigenvalue weighted by Gasteiger charge is -2.24. The number of ether oxygens (including phenoxy) is 2. The van der Waals surface area contributed by atoms with Gasteiger partial charge in [-0.1, -0.05) is 12.8 Å². The van der Waals surface area contributed by atoms with E-state index in [0.29, 0.717) is 17.0 Å². The van der Waals surface area contributed by atoms with Crippen molar-refractivity contribution >= 4 is 22.8 Å². The third kappa shape index (κ3) is 4.38. The number of carbonyl (C=O) groups excluding carboxylic acids is 2. The van der Waals surface area contributed by atoms with Crippen LogP contribution in [0.2, 0.25) is 0 Å². The summed E-state index contributed by atoms with van der Waals surface area (Å²) in [7, 11) is 1.60. The van der Waals surface area contributed by atoms with Gasteiger partial charge in [0.2, 0.25) is 0 Å². The van der Waals surface area contributed by atoms with E-state index in [1.54, 1.807) is 27.0 Å². The van der Waals surface area contributed by atoms with Crippen LogP contribution in [0.3, 0.4) is 0 Å². The molecular formula is C21H26N2O4. The third-order valence-electron chi connectivity index (χ3n) is 4.98. The molecule has 27 heavy (non-hydrogen) atoms. The predicted molar refractivity (Wildman–Crippen MR) is 103 cm³/mol. The molecule has 2 aromatic rings. The van der Waals surface area contributed by atoms with Crippen LogP contribution in [0.25, 0.3) is 10.9 Å². The molecule has 0 aliphatic carbocycles. The first-order valence-corrected chi connectivity index (χ1v) is 9.45. The number of hydrogen-bond donors (Lipinski definition) is 0. The van der Waals surface area contributed by atoms with Crippen molar-refractivity contribution in [3.63, 3.8) is 0 Å². The van der Waals surface area contributed by atoms with Gasteiger partial charge in [0, 0.05) is 24.5 Å². The first kappa shape index (κ1) is 19.1. The Kier molecular flexibility index (Phi) is 5.94. The second-order valence-electron chi connectivity index (χ2n) is 6.97. The second kappa shape index (κ2) is 8.37. The highest BCUT2D eigenvalue weighted by Gasteiger charge is 2.25. The van der Waals surface area contributed by atoms with Crippen molar-refractivity contribution in [2.24, 2.45) is 0 Å². The molecule has 0 saturated carbocycles. The second-order valence-corrected chi connectivity index (χ2v) is 6.97. The molecule has 0 N–H and O–H groups in total. The monoisotopic (exact) mass is 370 g/mol. The zero-order chi connectivity index (χ0) is 19.4. The Morgan fingerprint density at radius 2 is 1.81 bits per heavy atom. The maximum atomic E-state index is 12.6. The quantitative estimate of drug-likeness (QED) is 0.771. The number of hydrogen-bond acceptors (Lipinski definition) is 5. The van der Waals surface area contributed by atoms with E-state index in [4.69, 9.17) is 9.47 Å². The molecule has 3 rings (SSSR count). The van der Waals surface area contributed by atoms with Gasteiger partial charge in [0.05, 0.1) is 23.9 Å². The highest BCUT2D eigenvalue weighted by atomic mass is 16.5. The summed E-state index contributed by atoms with van der Waals surface area (Å²) in [5.74, 6) is 0.0659. The number of likely N-dealkylation sites (tertiary alicyclic amines) is 1. The zero-order valence-electron chi connectivity index (χ0n) is 16.2. The maximum absolute atomic E-state index is 12.6. The van der Waals surface area contributed by atoms with Crippen molar-refractivity contribution in [2.45, 2.75) is 45.6 Å². The number of methoxy groups -OCH3 is 1. The fraction of sp³-hybridized carbons (Fsp3) is 0.476. The molecule has 6 heteroatoms. The minimum Gasteiger partial charge on any atom is -0.497 e. The largest absolute Gasteiger partial charge is 0.497 e. The number of nitrogens with zero attached hydrogens (tertiary/aromatic N) is 2. The van der Waals surface area contributed by atoms with Crippen LogP contribution in [-0.4, -0.2) is 48.1 Å². The number of amides is 1. The predicted octanol–water partition coefficient (Wildman–Crippen LogP) is 3.50. The number of aryl methyl sites for hydroxylation is 1. The topological polar surface area (TPSA) is 68.7 Å². The summed E-state index contributed by atoms with van der Waals surface area (Å²) >= 11 is 0. The Morgan fingerprint density at radius 1 is 1.11 bits per heavy atom. The first-order chi connectivity index (χ1) is 13.0. The van der Waals surface area contributed by atoms with Crippen LogP contribution in [0.4, 0.5) is 0 Å². The van der Waals surface area contributed by atoms with Crippen LogP contribution in [0, 0.1) is 6.92 Å². The lowest BCUT2D eigenvalue weighted by atomic mass is 10.1. The SMILES string of the molecule is COc1ccc2cc(C(=O)O[C@@H](C)C(=O)N3CCCCCC3)c(C)nc2c1. The first-order valence-electron chi connectivity index (χ1n) is 9.45. The van der Waals surface area contributed by atoms with E-state index in [1.807, 2.05) is 23.1 Å². The maximum Gasteiger partial charge on any atom is 0.340 e. The van der Waals surface area contributed by atoms with Crippen LogP contribution < -0.4 is 4.74 Å². The number of pyridine rings is 1. The van der Waals surface area contributed by atoms with Gasteiger partial charge in [0.15, 0.2) is 6.10 Å². The van der Waals surface area contributed by atoms with Crippen LogP contribution in [0.15, 0.2) is 24.3 Å². The van der Waals surface area contributed by atoms with E-state index in [0.717, 1.165) is 49.7 Å². The van der Waals surface area contributed by atoms with Crippen molar-refractivity contribution in [1.29, 1.82) is 0 Å². The fourth-order valence-corrected chi connectivity index (χ4v) is 3.40. The Labute approximate surface area is 159 Å². The summed E-state index contributed by atoms with van der Waals surface area (Å²) in [5, 5.41) is 0.819.